The van der Waals surface area contributed by atoms with Crippen molar-refractivity contribution in [1.29, 1.82) is 0 Å². The average molecular weight is 260 g/mol. The number of nitrogens with two attached hydrogens (primary N) is 1. The van der Waals surface area contributed by atoms with Crippen molar-refractivity contribution in [2.75, 3.05) is 13.1 Å². The maximum absolute atomic E-state index is 6.47. The largest absolute Gasteiger partial charge is 0.323 e. The van der Waals surface area contributed by atoms with E-state index in [9.17, 15) is 0 Å². The van der Waals surface area contributed by atoms with E-state index in [0.29, 0.717) is 6.04 Å². The molecule has 0 aliphatic carbocycles. The van der Waals surface area contributed by atoms with Gasteiger partial charge < -0.3 is 5.73 Å². The van der Waals surface area contributed by atoms with Crippen LogP contribution in [0.2, 0.25) is 0 Å². The highest BCUT2D eigenvalue weighted by Gasteiger charge is 2.28. The van der Waals surface area contributed by atoms with Crippen molar-refractivity contribution in [2.24, 2.45) is 17.6 Å². The molecule has 0 aromatic heterocycles. The fraction of sp³-hybridized carbons (Fsp3) is 0.647. The molecule has 4 atom stereocenters. The number of hydrogen-bond donors (Lipinski definition) is 1. The molecule has 2 N–H and O–H groups in total. The van der Waals surface area contributed by atoms with E-state index in [4.69, 9.17) is 5.73 Å². The second-order valence-corrected chi connectivity index (χ2v) is 6.58. The van der Waals surface area contributed by atoms with Gasteiger partial charge in [0.05, 0.1) is 0 Å². The van der Waals surface area contributed by atoms with Gasteiger partial charge in [0.15, 0.2) is 0 Å². The number of hydrogen-bond acceptors (Lipinski definition) is 2. The van der Waals surface area contributed by atoms with E-state index >= 15 is 0 Å². The molecule has 1 aromatic rings. The van der Waals surface area contributed by atoms with Crippen LogP contribution in [0.4, 0.5) is 0 Å². The Morgan fingerprint density at radius 3 is 2.16 bits per heavy atom. The van der Waals surface area contributed by atoms with Crippen LogP contribution in [0.3, 0.4) is 0 Å². The molecule has 2 rings (SSSR count). The smallest absolute Gasteiger partial charge is 0.0450 e. The quantitative estimate of drug-likeness (QED) is 0.903. The van der Waals surface area contributed by atoms with Crippen molar-refractivity contribution in [1.82, 2.24) is 4.90 Å². The van der Waals surface area contributed by atoms with Gasteiger partial charge in [-0.25, -0.2) is 0 Å². The molecule has 0 spiro atoms. The molecule has 0 bridgehead atoms. The van der Waals surface area contributed by atoms with Crippen molar-refractivity contribution in [2.45, 2.75) is 46.2 Å². The first kappa shape index (κ1) is 14.5. The van der Waals surface area contributed by atoms with Crippen LogP contribution in [-0.2, 0) is 0 Å². The van der Waals surface area contributed by atoms with Gasteiger partial charge in [0, 0.05) is 25.2 Å². The molecule has 1 fully saturated rings. The monoisotopic (exact) mass is 260 g/mol. The number of rotatable bonds is 3. The molecule has 1 aliphatic rings. The van der Waals surface area contributed by atoms with E-state index in [1.807, 2.05) is 0 Å². The van der Waals surface area contributed by atoms with E-state index in [2.05, 4.69) is 56.9 Å². The molecule has 0 radical (unpaired) electrons. The van der Waals surface area contributed by atoms with Crippen LogP contribution in [0.25, 0.3) is 0 Å². The third-order valence-corrected chi connectivity index (χ3v) is 4.46. The molecule has 4 unspecified atom stereocenters. The second kappa shape index (κ2) is 6.06. The standard InChI is InChI=1S/C17H28N2/c1-12-5-7-16(8-6-12)17(18)15(4)19-10-13(2)9-14(3)11-19/h5-8,13-15,17H,9-11,18H2,1-4H3. The van der Waals surface area contributed by atoms with Crippen molar-refractivity contribution in [3.63, 3.8) is 0 Å². The van der Waals surface area contributed by atoms with Gasteiger partial charge >= 0.3 is 0 Å². The number of nitrogens with zero attached hydrogens (tertiary/aromatic N) is 1. The molecule has 1 saturated heterocycles. The minimum atomic E-state index is 0.109. The highest BCUT2D eigenvalue weighted by Crippen LogP contribution is 2.27. The third-order valence-electron chi connectivity index (χ3n) is 4.46. The summed E-state index contributed by atoms with van der Waals surface area (Å²) in [5.74, 6) is 1.58. The molecule has 0 amide bonds. The minimum absolute atomic E-state index is 0.109. The Morgan fingerprint density at radius 1 is 1.11 bits per heavy atom. The molecule has 106 valence electrons. The van der Waals surface area contributed by atoms with Crippen molar-refractivity contribution < 1.29 is 0 Å². The first-order valence-corrected chi connectivity index (χ1v) is 7.53. The summed E-state index contributed by atoms with van der Waals surface area (Å²) in [5.41, 5.74) is 9.02. The van der Waals surface area contributed by atoms with Gasteiger partial charge in [0.1, 0.15) is 0 Å². The number of benzene rings is 1. The normalized spacial score (nSPS) is 28.1. The Labute approximate surface area is 118 Å². The van der Waals surface area contributed by atoms with Crippen molar-refractivity contribution >= 4 is 0 Å². The molecule has 2 heteroatoms. The van der Waals surface area contributed by atoms with Crippen LogP contribution in [0.5, 0.6) is 0 Å². The lowest BCUT2D eigenvalue weighted by molar-refractivity contribution is 0.0905. The molecule has 1 heterocycles. The Kier molecular flexibility index (Phi) is 4.64. The van der Waals surface area contributed by atoms with E-state index in [1.54, 1.807) is 0 Å². The predicted molar refractivity (Wildman–Crippen MR) is 82.1 cm³/mol. The van der Waals surface area contributed by atoms with Gasteiger partial charge in [0.25, 0.3) is 0 Å². The first-order valence-electron chi connectivity index (χ1n) is 7.53. The fourth-order valence-electron chi connectivity index (χ4n) is 3.34. The maximum atomic E-state index is 6.47. The highest BCUT2D eigenvalue weighted by molar-refractivity contribution is 5.24. The van der Waals surface area contributed by atoms with Gasteiger partial charge in [-0.1, -0.05) is 43.7 Å². The first-order chi connectivity index (χ1) is 8.97. The zero-order valence-electron chi connectivity index (χ0n) is 12.8. The second-order valence-electron chi connectivity index (χ2n) is 6.58. The van der Waals surface area contributed by atoms with Crippen molar-refractivity contribution in [3.05, 3.63) is 35.4 Å². The Hall–Kier alpha value is -0.860. The Morgan fingerprint density at radius 2 is 1.63 bits per heavy atom. The molecule has 1 aromatic carbocycles. The molecule has 1 aliphatic heterocycles. The third kappa shape index (κ3) is 3.58. The summed E-state index contributed by atoms with van der Waals surface area (Å²) in [6.07, 6.45) is 1.35. The number of likely N-dealkylation sites (tertiary alicyclic amines) is 1. The molecular weight excluding hydrogens is 232 g/mol. The summed E-state index contributed by atoms with van der Waals surface area (Å²) in [7, 11) is 0. The molecule has 19 heavy (non-hydrogen) atoms. The lowest BCUT2D eigenvalue weighted by Crippen LogP contribution is -2.48. The summed E-state index contributed by atoms with van der Waals surface area (Å²) in [6.45, 7) is 11.5. The summed E-state index contributed by atoms with van der Waals surface area (Å²) in [6, 6.07) is 9.18. The zero-order valence-corrected chi connectivity index (χ0v) is 12.8. The number of aryl methyl sites for hydroxylation is 1. The van der Waals surface area contributed by atoms with Crippen LogP contribution in [0.15, 0.2) is 24.3 Å². The molecule has 2 nitrogen and oxygen atoms in total. The Bertz CT molecular complexity index is 388. The summed E-state index contributed by atoms with van der Waals surface area (Å²) >= 11 is 0. The van der Waals surface area contributed by atoms with Crippen LogP contribution in [0, 0.1) is 18.8 Å². The van der Waals surface area contributed by atoms with Crippen LogP contribution in [0.1, 0.15) is 44.4 Å². The predicted octanol–water partition coefficient (Wildman–Crippen LogP) is 3.36. The maximum Gasteiger partial charge on any atom is 0.0450 e. The van der Waals surface area contributed by atoms with Gasteiger partial charge in [-0.05, 0) is 37.7 Å². The SMILES string of the molecule is Cc1ccc(C(N)C(C)N2CC(C)CC(C)C2)cc1. The van der Waals surface area contributed by atoms with Crippen LogP contribution < -0.4 is 5.73 Å². The van der Waals surface area contributed by atoms with Crippen LogP contribution >= 0.6 is 0 Å². The summed E-state index contributed by atoms with van der Waals surface area (Å²) in [5, 5.41) is 0. The van der Waals surface area contributed by atoms with Crippen LogP contribution in [-0.4, -0.2) is 24.0 Å². The molecular formula is C17H28N2. The van der Waals surface area contributed by atoms with Gasteiger partial charge in [-0.2, -0.15) is 0 Å². The van der Waals surface area contributed by atoms with E-state index in [0.717, 1.165) is 11.8 Å². The average Bonchev–Trinajstić information content (AvgIpc) is 2.37. The lowest BCUT2D eigenvalue weighted by atomic mass is 9.89. The lowest BCUT2D eigenvalue weighted by Gasteiger charge is -2.41. The summed E-state index contributed by atoms with van der Waals surface area (Å²) < 4.78 is 0. The molecule has 0 saturated carbocycles. The van der Waals surface area contributed by atoms with E-state index in [1.165, 1.54) is 30.6 Å². The minimum Gasteiger partial charge on any atom is -0.323 e. The zero-order chi connectivity index (χ0) is 14.0. The van der Waals surface area contributed by atoms with Gasteiger partial charge in [-0.3, -0.25) is 4.90 Å². The summed E-state index contributed by atoms with van der Waals surface area (Å²) in [4.78, 5) is 2.57. The van der Waals surface area contributed by atoms with E-state index in [-0.39, 0.29) is 6.04 Å². The van der Waals surface area contributed by atoms with Gasteiger partial charge in [0.2, 0.25) is 0 Å². The van der Waals surface area contributed by atoms with E-state index < -0.39 is 0 Å². The number of piperidine rings is 1. The van der Waals surface area contributed by atoms with Gasteiger partial charge in [-0.15, -0.1) is 0 Å². The topological polar surface area (TPSA) is 29.3 Å². The Balaban J connectivity index is 2.05. The van der Waals surface area contributed by atoms with Crippen molar-refractivity contribution in [3.8, 4) is 0 Å². The highest BCUT2D eigenvalue weighted by atomic mass is 15.2. The fourth-order valence-corrected chi connectivity index (χ4v) is 3.34.